The van der Waals surface area contributed by atoms with E-state index < -0.39 is 0 Å². The number of terminal acetylenes is 1. The van der Waals surface area contributed by atoms with Gasteiger partial charge in [0.25, 0.3) is 5.56 Å². The van der Waals surface area contributed by atoms with Crippen molar-refractivity contribution in [3.63, 3.8) is 0 Å². The Bertz CT molecular complexity index is 586. The summed E-state index contributed by atoms with van der Waals surface area (Å²) in [6, 6.07) is 1.77. The summed E-state index contributed by atoms with van der Waals surface area (Å²) in [4.78, 5) is 11.9. The molecule has 0 fully saturated rings. The number of fused-ring (bicyclic) bond motifs is 1. The van der Waals surface area contributed by atoms with Gasteiger partial charge in [0, 0.05) is 25.4 Å². The van der Waals surface area contributed by atoms with Gasteiger partial charge in [-0.15, -0.1) is 12.3 Å². The average molecular weight is 201 g/mol. The molecule has 2 aromatic heterocycles. The molecule has 0 aliphatic rings. The lowest BCUT2D eigenvalue weighted by Gasteiger charge is -2.02. The van der Waals surface area contributed by atoms with Crippen molar-refractivity contribution in [3.05, 3.63) is 34.5 Å². The van der Waals surface area contributed by atoms with Crippen molar-refractivity contribution >= 4 is 5.52 Å². The van der Waals surface area contributed by atoms with Crippen LogP contribution in [0.4, 0.5) is 0 Å². The van der Waals surface area contributed by atoms with Gasteiger partial charge in [0.15, 0.2) is 0 Å². The molecule has 0 unspecified atom stereocenters. The molecule has 0 saturated heterocycles. The van der Waals surface area contributed by atoms with Crippen molar-refractivity contribution in [2.24, 2.45) is 0 Å². The zero-order chi connectivity index (χ0) is 10.8. The summed E-state index contributed by atoms with van der Waals surface area (Å²) >= 11 is 0. The van der Waals surface area contributed by atoms with Gasteiger partial charge >= 0.3 is 0 Å². The minimum Gasteiger partial charge on any atom is -0.311 e. The lowest BCUT2D eigenvalue weighted by atomic mass is 10.4. The molecule has 76 valence electrons. The van der Waals surface area contributed by atoms with Crippen molar-refractivity contribution in [3.8, 4) is 12.3 Å². The van der Waals surface area contributed by atoms with Crippen LogP contribution in [0.2, 0.25) is 0 Å². The Morgan fingerprint density at radius 3 is 3.07 bits per heavy atom. The summed E-state index contributed by atoms with van der Waals surface area (Å²) in [6.07, 6.45) is 9.19. The number of rotatable bonds is 2. The molecule has 0 aliphatic heterocycles. The van der Waals surface area contributed by atoms with E-state index in [1.807, 2.05) is 6.92 Å². The average Bonchev–Trinajstić information content (AvgIpc) is 2.59. The Kier molecular flexibility index (Phi) is 2.30. The second-order valence-corrected chi connectivity index (χ2v) is 3.37. The van der Waals surface area contributed by atoms with Crippen LogP contribution in [0, 0.1) is 19.3 Å². The highest BCUT2D eigenvalue weighted by atomic mass is 16.1. The minimum absolute atomic E-state index is 0.0478. The van der Waals surface area contributed by atoms with Gasteiger partial charge in [-0.05, 0) is 13.0 Å². The lowest BCUT2D eigenvalue weighted by Crippen LogP contribution is -2.21. The molecule has 15 heavy (non-hydrogen) atoms. The van der Waals surface area contributed by atoms with Crippen molar-refractivity contribution < 1.29 is 0 Å². The van der Waals surface area contributed by atoms with Crippen LogP contribution < -0.4 is 5.56 Å². The highest BCUT2D eigenvalue weighted by Crippen LogP contribution is 2.00. The third-order valence-corrected chi connectivity index (χ3v) is 2.22. The number of aryl methyl sites for hydroxylation is 2. The summed E-state index contributed by atoms with van der Waals surface area (Å²) < 4.78 is 3.19. The first-order valence-electron chi connectivity index (χ1n) is 4.71. The predicted octanol–water partition coefficient (Wildman–Crippen LogP) is 0.828. The normalized spacial score (nSPS) is 10.4. The highest BCUT2D eigenvalue weighted by molar-refractivity contribution is 5.44. The van der Waals surface area contributed by atoms with Gasteiger partial charge < -0.3 is 4.57 Å². The van der Waals surface area contributed by atoms with E-state index in [0.29, 0.717) is 18.5 Å². The SMILES string of the molecule is C#CCCn1ccn2nc(C)cc2c1=O. The molecule has 2 aromatic rings. The fourth-order valence-electron chi connectivity index (χ4n) is 1.51. The molecule has 0 atom stereocenters. The number of hydrogen-bond acceptors (Lipinski definition) is 2. The van der Waals surface area contributed by atoms with E-state index >= 15 is 0 Å². The zero-order valence-corrected chi connectivity index (χ0v) is 8.47. The first-order chi connectivity index (χ1) is 7.22. The molecular weight excluding hydrogens is 190 g/mol. The second kappa shape index (κ2) is 3.62. The van der Waals surface area contributed by atoms with Crippen LogP contribution in [0.5, 0.6) is 0 Å². The molecule has 4 heteroatoms. The molecule has 2 rings (SSSR count). The van der Waals surface area contributed by atoms with E-state index in [-0.39, 0.29) is 5.56 Å². The zero-order valence-electron chi connectivity index (χ0n) is 8.47. The van der Waals surface area contributed by atoms with Crippen LogP contribution in [0.25, 0.3) is 5.52 Å². The summed E-state index contributed by atoms with van der Waals surface area (Å²) in [5.41, 5.74) is 1.38. The Morgan fingerprint density at radius 1 is 1.53 bits per heavy atom. The van der Waals surface area contributed by atoms with Crippen LogP contribution in [-0.2, 0) is 6.54 Å². The Balaban J connectivity index is 2.56. The Morgan fingerprint density at radius 2 is 2.33 bits per heavy atom. The summed E-state index contributed by atoms with van der Waals surface area (Å²) in [7, 11) is 0. The quantitative estimate of drug-likeness (QED) is 0.675. The van der Waals surface area contributed by atoms with E-state index in [1.165, 1.54) is 0 Å². The topological polar surface area (TPSA) is 39.3 Å². The molecule has 0 aliphatic carbocycles. The monoisotopic (exact) mass is 201 g/mol. The van der Waals surface area contributed by atoms with Gasteiger partial charge in [0.05, 0.1) is 5.69 Å². The van der Waals surface area contributed by atoms with Crippen molar-refractivity contribution in [1.29, 1.82) is 0 Å². The molecule has 0 aromatic carbocycles. The van der Waals surface area contributed by atoms with Crippen LogP contribution in [0.1, 0.15) is 12.1 Å². The molecule has 0 bridgehead atoms. The van der Waals surface area contributed by atoms with E-state index in [4.69, 9.17) is 6.42 Å². The van der Waals surface area contributed by atoms with E-state index in [0.717, 1.165) is 5.69 Å². The highest BCUT2D eigenvalue weighted by Gasteiger charge is 2.04. The fraction of sp³-hybridized carbons (Fsp3) is 0.273. The summed E-state index contributed by atoms with van der Waals surface area (Å²) in [5, 5.41) is 4.16. The van der Waals surface area contributed by atoms with Gasteiger partial charge in [-0.25, -0.2) is 4.52 Å². The number of aromatic nitrogens is 3. The summed E-state index contributed by atoms with van der Waals surface area (Å²) in [5.74, 6) is 2.51. The van der Waals surface area contributed by atoms with Crippen LogP contribution >= 0.6 is 0 Å². The third-order valence-electron chi connectivity index (χ3n) is 2.22. The van der Waals surface area contributed by atoms with E-state index in [9.17, 15) is 4.79 Å². The molecule has 0 amide bonds. The molecular formula is C11H11N3O. The second-order valence-electron chi connectivity index (χ2n) is 3.37. The van der Waals surface area contributed by atoms with Gasteiger partial charge in [-0.3, -0.25) is 4.79 Å². The first kappa shape index (κ1) is 9.53. The van der Waals surface area contributed by atoms with Gasteiger partial charge in [0.2, 0.25) is 0 Å². The first-order valence-corrected chi connectivity index (χ1v) is 4.71. The maximum absolute atomic E-state index is 11.9. The Hall–Kier alpha value is -2.02. The molecule has 0 spiro atoms. The largest absolute Gasteiger partial charge is 0.311 e. The van der Waals surface area contributed by atoms with Gasteiger partial charge in [-0.1, -0.05) is 0 Å². The minimum atomic E-state index is -0.0478. The standard InChI is InChI=1S/C11H11N3O/c1-3-4-5-13-6-7-14-10(11(13)15)8-9(2)12-14/h1,6-8H,4-5H2,2H3. The predicted molar refractivity (Wildman–Crippen MR) is 57.6 cm³/mol. The summed E-state index contributed by atoms with van der Waals surface area (Å²) in [6.45, 7) is 2.41. The Labute approximate surface area is 87.2 Å². The number of hydrogen-bond donors (Lipinski definition) is 0. The smallest absolute Gasteiger partial charge is 0.276 e. The van der Waals surface area contributed by atoms with E-state index in [1.54, 1.807) is 27.5 Å². The van der Waals surface area contributed by atoms with Gasteiger partial charge in [-0.2, -0.15) is 5.10 Å². The van der Waals surface area contributed by atoms with Crippen molar-refractivity contribution in [2.45, 2.75) is 19.9 Å². The molecule has 0 radical (unpaired) electrons. The van der Waals surface area contributed by atoms with Crippen molar-refractivity contribution in [1.82, 2.24) is 14.2 Å². The number of nitrogens with zero attached hydrogens (tertiary/aromatic N) is 3. The van der Waals surface area contributed by atoms with Crippen LogP contribution in [0.15, 0.2) is 23.3 Å². The van der Waals surface area contributed by atoms with Gasteiger partial charge in [0.1, 0.15) is 5.52 Å². The third kappa shape index (κ3) is 1.64. The van der Waals surface area contributed by atoms with Crippen LogP contribution in [0.3, 0.4) is 0 Å². The van der Waals surface area contributed by atoms with E-state index in [2.05, 4.69) is 11.0 Å². The maximum Gasteiger partial charge on any atom is 0.276 e. The lowest BCUT2D eigenvalue weighted by molar-refractivity contribution is 0.680. The molecule has 4 nitrogen and oxygen atoms in total. The molecule has 2 heterocycles. The fourth-order valence-corrected chi connectivity index (χ4v) is 1.51. The molecule has 0 saturated carbocycles. The van der Waals surface area contributed by atoms with Crippen molar-refractivity contribution in [2.75, 3.05) is 0 Å². The van der Waals surface area contributed by atoms with Crippen LogP contribution in [-0.4, -0.2) is 14.2 Å². The molecule has 0 N–H and O–H groups in total. The maximum atomic E-state index is 11.9.